The monoisotopic (exact) mass is 533 g/mol. The quantitative estimate of drug-likeness (QED) is 0.279. The predicted octanol–water partition coefficient (Wildman–Crippen LogP) is 6.95. The summed E-state index contributed by atoms with van der Waals surface area (Å²) < 4.78 is 48.4. The summed E-state index contributed by atoms with van der Waals surface area (Å²) in [6.45, 7) is 3.73. The van der Waals surface area contributed by atoms with Gasteiger partial charge in [-0.1, -0.05) is 23.8 Å². The molecule has 0 aliphatic rings. The normalized spacial score (nSPS) is 11.1. The van der Waals surface area contributed by atoms with Crippen LogP contribution < -0.4 is 15.6 Å². The molecule has 198 valence electrons. The van der Waals surface area contributed by atoms with Crippen molar-refractivity contribution in [1.82, 2.24) is 4.57 Å². The number of amides is 1. The lowest BCUT2D eigenvalue weighted by Gasteiger charge is -2.19. The first-order chi connectivity index (χ1) is 18.5. The number of halogens is 3. The van der Waals surface area contributed by atoms with Crippen molar-refractivity contribution in [2.24, 2.45) is 0 Å². The third-order valence-corrected chi connectivity index (χ3v) is 6.04. The van der Waals surface area contributed by atoms with Crippen LogP contribution in [0.15, 0.2) is 77.6 Å². The smallest absolute Gasteiger partial charge is 0.417 e. The van der Waals surface area contributed by atoms with Crippen LogP contribution in [0.5, 0.6) is 11.5 Å². The van der Waals surface area contributed by atoms with Crippen molar-refractivity contribution in [2.45, 2.75) is 26.6 Å². The average Bonchev–Trinajstić information content (AvgIpc) is 2.87. The lowest BCUT2D eigenvalue weighted by Crippen LogP contribution is -2.29. The molecular formula is C29H22F3N3O4. The summed E-state index contributed by atoms with van der Waals surface area (Å²) in [6, 6.07) is 20.1. The Morgan fingerprint density at radius 1 is 1.00 bits per heavy atom. The molecule has 4 aromatic rings. The van der Waals surface area contributed by atoms with Gasteiger partial charge in [0.1, 0.15) is 23.1 Å². The molecule has 0 bridgehead atoms. The van der Waals surface area contributed by atoms with Crippen molar-refractivity contribution in [3.05, 3.63) is 111 Å². The van der Waals surface area contributed by atoms with Crippen LogP contribution in [0.2, 0.25) is 0 Å². The van der Waals surface area contributed by atoms with Gasteiger partial charge in [0.25, 0.3) is 5.56 Å². The summed E-state index contributed by atoms with van der Waals surface area (Å²) >= 11 is 0. The number of rotatable bonds is 6. The Balaban J connectivity index is 1.74. The fraction of sp³-hybridized carbons (Fsp3) is 0.138. The Hall–Kier alpha value is -5.04. The second-order valence-corrected chi connectivity index (χ2v) is 8.83. The molecule has 0 aliphatic carbocycles. The van der Waals surface area contributed by atoms with Crippen molar-refractivity contribution >= 4 is 11.8 Å². The standard InChI is InChI=1S/C29H22F3N3O4/c1-17-3-4-20(18(2)13-17)16-35-26(14-25(29(30,31)32)24(15-33)27(35)36)19-5-9-22(10-6-19)39-23-11-7-21(8-12-23)34-28(37)38/h3-14,34H,16H2,1-2H3,(H,37,38). The third-order valence-electron chi connectivity index (χ3n) is 6.04. The highest BCUT2D eigenvalue weighted by Gasteiger charge is 2.36. The fourth-order valence-electron chi connectivity index (χ4n) is 4.13. The number of nitrogens with zero attached hydrogens (tertiary/aromatic N) is 2. The molecule has 7 nitrogen and oxygen atoms in total. The molecule has 0 aliphatic heterocycles. The van der Waals surface area contributed by atoms with Gasteiger partial charge < -0.3 is 14.4 Å². The van der Waals surface area contributed by atoms with E-state index in [4.69, 9.17) is 9.84 Å². The second kappa shape index (κ2) is 10.8. The lowest BCUT2D eigenvalue weighted by atomic mass is 10.0. The van der Waals surface area contributed by atoms with Gasteiger partial charge >= 0.3 is 12.3 Å². The van der Waals surface area contributed by atoms with E-state index in [1.54, 1.807) is 18.2 Å². The van der Waals surface area contributed by atoms with Gasteiger partial charge in [0, 0.05) is 5.69 Å². The van der Waals surface area contributed by atoms with E-state index < -0.39 is 29.0 Å². The van der Waals surface area contributed by atoms with Gasteiger partial charge in [-0.3, -0.25) is 10.1 Å². The van der Waals surface area contributed by atoms with E-state index in [0.29, 0.717) is 22.7 Å². The zero-order chi connectivity index (χ0) is 28.3. The van der Waals surface area contributed by atoms with Crippen molar-refractivity contribution in [1.29, 1.82) is 5.26 Å². The number of hydrogen-bond acceptors (Lipinski definition) is 4. The van der Waals surface area contributed by atoms with E-state index in [-0.39, 0.29) is 12.2 Å². The van der Waals surface area contributed by atoms with Crippen molar-refractivity contribution in [2.75, 3.05) is 5.32 Å². The molecule has 39 heavy (non-hydrogen) atoms. The first kappa shape index (κ1) is 27.0. The van der Waals surface area contributed by atoms with Crippen LogP contribution in [0.25, 0.3) is 11.3 Å². The minimum Gasteiger partial charge on any atom is -0.465 e. The summed E-state index contributed by atoms with van der Waals surface area (Å²) in [6.07, 6.45) is -6.10. The predicted molar refractivity (Wildman–Crippen MR) is 139 cm³/mol. The number of carboxylic acid groups (broad SMARTS) is 1. The van der Waals surface area contributed by atoms with E-state index >= 15 is 0 Å². The molecule has 2 N–H and O–H groups in total. The molecule has 0 radical (unpaired) electrons. The molecular weight excluding hydrogens is 511 g/mol. The van der Waals surface area contributed by atoms with Gasteiger partial charge in [0.05, 0.1) is 17.8 Å². The number of aromatic nitrogens is 1. The minimum absolute atomic E-state index is 0.00180. The first-order valence-electron chi connectivity index (χ1n) is 11.7. The number of pyridine rings is 1. The Kier molecular flexibility index (Phi) is 7.44. The molecule has 1 amide bonds. The van der Waals surface area contributed by atoms with Gasteiger partial charge in [-0.2, -0.15) is 18.4 Å². The zero-order valence-electron chi connectivity index (χ0n) is 20.8. The average molecular weight is 534 g/mol. The van der Waals surface area contributed by atoms with Crippen molar-refractivity contribution in [3.63, 3.8) is 0 Å². The van der Waals surface area contributed by atoms with E-state index in [1.807, 2.05) is 26.0 Å². The Bertz CT molecular complexity index is 1640. The van der Waals surface area contributed by atoms with E-state index in [1.165, 1.54) is 47.0 Å². The summed E-state index contributed by atoms with van der Waals surface area (Å²) in [7, 11) is 0. The molecule has 0 saturated heterocycles. The van der Waals surface area contributed by atoms with Crippen LogP contribution in [0, 0.1) is 25.2 Å². The Labute approximate surface area is 221 Å². The second-order valence-electron chi connectivity index (χ2n) is 8.83. The van der Waals surface area contributed by atoms with Crippen LogP contribution in [0.3, 0.4) is 0 Å². The van der Waals surface area contributed by atoms with Crippen LogP contribution in [0.4, 0.5) is 23.7 Å². The number of benzene rings is 3. The van der Waals surface area contributed by atoms with Crippen molar-refractivity contribution < 1.29 is 27.8 Å². The molecule has 3 aromatic carbocycles. The summed E-state index contributed by atoms with van der Waals surface area (Å²) in [4.78, 5) is 24.0. The molecule has 0 unspecified atom stereocenters. The summed E-state index contributed by atoms with van der Waals surface area (Å²) in [5, 5.41) is 20.4. The molecule has 1 aromatic heterocycles. The highest BCUT2D eigenvalue weighted by Crippen LogP contribution is 2.34. The lowest BCUT2D eigenvalue weighted by molar-refractivity contribution is -0.137. The van der Waals surface area contributed by atoms with Crippen LogP contribution in [0.1, 0.15) is 27.8 Å². The third kappa shape index (κ3) is 6.10. The number of ether oxygens (including phenoxy) is 1. The van der Waals surface area contributed by atoms with E-state index in [2.05, 4.69) is 5.32 Å². The number of hydrogen-bond donors (Lipinski definition) is 2. The number of nitrogens with one attached hydrogen (secondary N) is 1. The number of anilines is 1. The summed E-state index contributed by atoms with van der Waals surface area (Å²) in [5.74, 6) is 0.772. The van der Waals surface area contributed by atoms with Gasteiger partial charge in [-0.25, -0.2) is 4.79 Å². The molecule has 10 heteroatoms. The Morgan fingerprint density at radius 2 is 1.62 bits per heavy atom. The maximum absolute atomic E-state index is 13.8. The van der Waals surface area contributed by atoms with Crippen LogP contribution >= 0.6 is 0 Å². The van der Waals surface area contributed by atoms with E-state index in [9.17, 15) is 28.0 Å². The highest BCUT2D eigenvalue weighted by molar-refractivity contribution is 5.82. The fourth-order valence-corrected chi connectivity index (χ4v) is 4.13. The van der Waals surface area contributed by atoms with Crippen LogP contribution in [-0.4, -0.2) is 15.8 Å². The molecule has 0 saturated carbocycles. The van der Waals surface area contributed by atoms with E-state index in [0.717, 1.165) is 22.8 Å². The van der Waals surface area contributed by atoms with Gasteiger partial charge in [-0.05, 0) is 85.1 Å². The van der Waals surface area contributed by atoms with Gasteiger partial charge in [-0.15, -0.1) is 0 Å². The number of aryl methyl sites for hydroxylation is 2. The number of alkyl halides is 3. The maximum atomic E-state index is 13.8. The SMILES string of the molecule is Cc1ccc(Cn2c(-c3ccc(Oc4ccc(NC(=O)O)cc4)cc3)cc(C(F)(F)F)c(C#N)c2=O)c(C)c1. The summed E-state index contributed by atoms with van der Waals surface area (Å²) in [5.41, 5.74) is -0.0209. The first-order valence-corrected chi connectivity index (χ1v) is 11.7. The molecule has 4 rings (SSSR count). The van der Waals surface area contributed by atoms with Gasteiger partial charge in [0.2, 0.25) is 0 Å². The molecule has 0 spiro atoms. The Morgan fingerprint density at radius 3 is 2.15 bits per heavy atom. The maximum Gasteiger partial charge on any atom is 0.417 e. The van der Waals surface area contributed by atoms with Gasteiger partial charge in [0.15, 0.2) is 0 Å². The number of carbonyl (C=O) groups is 1. The van der Waals surface area contributed by atoms with Crippen molar-refractivity contribution in [3.8, 4) is 28.8 Å². The topological polar surface area (TPSA) is 104 Å². The highest BCUT2D eigenvalue weighted by atomic mass is 19.4. The minimum atomic E-state index is -4.90. The zero-order valence-corrected chi connectivity index (χ0v) is 20.8. The largest absolute Gasteiger partial charge is 0.465 e. The molecule has 0 fully saturated rings. The molecule has 0 atom stereocenters. The number of nitriles is 1. The molecule has 1 heterocycles. The van der Waals surface area contributed by atoms with Crippen LogP contribution in [-0.2, 0) is 12.7 Å².